The minimum Gasteiger partial charge on any atom is -0.486 e. The minimum atomic E-state index is -3.83. The zero-order valence-corrected chi connectivity index (χ0v) is 21.6. The zero-order valence-electron chi connectivity index (χ0n) is 20.0. The first kappa shape index (κ1) is 26.6. The molecule has 1 atom stereocenters. The Morgan fingerprint density at radius 2 is 1.71 bits per heavy atom. The summed E-state index contributed by atoms with van der Waals surface area (Å²) in [5.41, 5.74) is 1.03. The van der Waals surface area contributed by atoms with Crippen molar-refractivity contribution in [1.82, 2.24) is 10.2 Å². The number of anilines is 1. The SMILES string of the molecule is CCNC(=O)C(C)N(Cc1ccc(Cl)cc1)C(=O)CN(c1ccc2c(c1)OCCO2)S(=O)(=O)CC. The highest BCUT2D eigenvalue weighted by molar-refractivity contribution is 7.92. The number of nitrogens with zero attached hydrogens (tertiary/aromatic N) is 2. The zero-order chi connectivity index (χ0) is 25.6. The fourth-order valence-corrected chi connectivity index (χ4v) is 4.78. The van der Waals surface area contributed by atoms with Crippen LogP contribution in [-0.4, -0.2) is 63.2 Å². The second-order valence-corrected chi connectivity index (χ2v) is 10.6. The molecule has 1 aliphatic heterocycles. The summed E-state index contributed by atoms with van der Waals surface area (Å²) in [7, 11) is -3.83. The molecule has 1 heterocycles. The Balaban J connectivity index is 1.94. The number of sulfonamides is 1. The number of ether oxygens (including phenoxy) is 2. The summed E-state index contributed by atoms with van der Waals surface area (Å²) >= 11 is 5.98. The summed E-state index contributed by atoms with van der Waals surface area (Å²) in [6.45, 7) is 5.68. The first-order valence-corrected chi connectivity index (χ1v) is 13.4. The molecule has 2 amide bonds. The maximum absolute atomic E-state index is 13.6. The summed E-state index contributed by atoms with van der Waals surface area (Å²) in [6.07, 6.45) is 0. The summed E-state index contributed by atoms with van der Waals surface area (Å²) in [4.78, 5) is 27.5. The van der Waals surface area contributed by atoms with Gasteiger partial charge in [-0.3, -0.25) is 13.9 Å². The van der Waals surface area contributed by atoms with Crippen LogP contribution in [0.15, 0.2) is 42.5 Å². The van der Waals surface area contributed by atoms with Crippen LogP contribution in [0.2, 0.25) is 5.02 Å². The molecule has 3 rings (SSSR count). The Kier molecular flexibility index (Phi) is 8.85. The normalized spacial score (nSPS) is 13.6. The smallest absolute Gasteiger partial charge is 0.244 e. The molecule has 0 radical (unpaired) electrons. The molecule has 1 N–H and O–H groups in total. The molecule has 2 aromatic rings. The van der Waals surface area contributed by atoms with Gasteiger partial charge in [0.05, 0.1) is 11.4 Å². The Labute approximate surface area is 211 Å². The van der Waals surface area contributed by atoms with Gasteiger partial charge >= 0.3 is 0 Å². The predicted octanol–water partition coefficient (Wildman–Crippen LogP) is 2.82. The van der Waals surface area contributed by atoms with Crippen molar-refractivity contribution in [2.24, 2.45) is 0 Å². The molecule has 35 heavy (non-hydrogen) atoms. The summed E-state index contributed by atoms with van der Waals surface area (Å²) in [6, 6.07) is 10.8. The van der Waals surface area contributed by atoms with E-state index in [0.29, 0.717) is 36.3 Å². The maximum atomic E-state index is 13.6. The van der Waals surface area contributed by atoms with Gasteiger partial charge in [0.25, 0.3) is 0 Å². The number of hydrogen-bond donors (Lipinski definition) is 1. The molecule has 0 saturated heterocycles. The highest BCUT2D eigenvalue weighted by Crippen LogP contribution is 2.35. The van der Waals surface area contributed by atoms with Gasteiger partial charge < -0.3 is 19.7 Å². The summed E-state index contributed by atoms with van der Waals surface area (Å²) in [5, 5.41) is 3.26. The van der Waals surface area contributed by atoms with Crippen LogP contribution >= 0.6 is 11.6 Å². The number of hydrogen-bond acceptors (Lipinski definition) is 6. The molecule has 0 aromatic heterocycles. The van der Waals surface area contributed by atoms with Gasteiger partial charge in [0.2, 0.25) is 21.8 Å². The molecule has 0 aliphatic carbocycles. The third-order valence-corrected chi connectivity index (χ3v) is 7.57. The van der Waals surface area contributed by atoms with Gasteiger partial charge in [-0.2, -0.15) is 0 Å². The Morgan fingerprint density at radius 3 is 2.34 bits per heavy atom. The molecule has 9 nitrogen and oxygen atoms in total. The minimum absolute atomic E-state index is 0.107. The van der Waals surface area contributed by atoms with Gasteiger partial charge in [0, 0.05) is 24.2 Å². The van der Waals surface area contributed by atoms with E-state index in [1.54, 1.807) is 56.3 Å². The number of likely N-dealkylation sites (N-methyl/N-ethyl adjacent to an activating group) is 1. The molecular formula is C24H30ClN3O6S. The van der Waals surface area contributed by atoms with Crippen molar-refractivity contribution in [3.8, 4) is 11.5 Å². The predicted molar refractivity (Wildman–Crippen MR) is 134 cm³/mol. The third kappa shape index (κ3) is 6.58. The van der Waals surface area contributed by atoms with Gasteiger partial charge in [0.1, 0.15) is 25.8 Å². The van der Waals surface area contributed by atoms with E-state index >= 15 is 0 Å². The number of carbonyl (C=O) groups is 2. The Morgan fingerprint density at radius 1 is 1.06 bits per heavy atom. The van der Waals surface area contributed by atoms with E-state index in [1.807, 2.05) is 0 Å². The van der Waals surface area contributed by atoms with Crippen molar-refractivity contribution in [3.63, 3.8) is 0 Å². The van der Waals surface area contributed by atoms with E-state index in [-0.39, 0.29) is 23.9 Å². The first-order valence-electron chi connectivity index (χ1n) is 11.4. The average molecular weight is 524 g/mol. The third-order valence-electron chi connectivity index (χ3n) is 5.58. The molecule has 1 aliphatic rings. The van der Waals surface area contributed by atoms with Gasteiger partial charge in [-0.15, -0.1) is 0 Å². The second kappa shape index (κ2) is 11.6. The highest BCUT2D eigenvalue weighted by Gasteiger charge is 2.31. The van der Waals surface area contributed by atoms with Gasteiger partial charge in [-0.25, -0.2) is 8.42 Å². The van der Waals surface area contributed by atoms with Crippen molar-refractivity contribution in [2.75, 3.05) is 36.4 Å². The van der Waals surface area contributed by atoms with Crippen LogP contribution in [-0.2, 0) is 26.2 Å². The van der Waals surface area contributed by atoms with Crippen LogP contribution in [0, 0.1) is 0 Å². The number of carbonyl (C=O) groups excluding carboxylic acids is 2. The molecule has 11 heteroatoms. The van der Waals surface area contributed by atoms with Crippen LogP contribution in [0.5, 0.6) is 11.5 Å². The van der Waals surface area contributed by atoms with E-state index < -0.39 is 28.5 Å². The molecular weight excluding hydrogens is 494 g/mol. The second-order valence-electron chi connectivity index (χ2n) is 7.95. The van der Waals surface area contributed by atoms with E-state index in [1.165, 1.54) is 11.8 Å². The molecule has 190 valence electrons. The van der Waals surface area contributed by atoms with Gasteiger partial charge in [-0.05, 0) is 50.6 Å². The largest absolute Gasteiger partial charge is 0.486 e. The van der Waals surface area contributed by atoms with Crippen LogP contribution in [0.3, 0.4) is 0 Å². The number of nitrogens with one attached hydrogen (secondary N) is 1. The van der Waals surface area contributed by atoms with Crippen molar-refractivity contribution >= 4 is 39.1 Å². The number of fused-ring (bicyclic) bond motifs is 1. The van der Waals surface area contributed by atoms with Gasteiger partial charge in [0.15, 0.2) is 11.5 Å². The van der Waals surface area contributed by atoms with E-state index in [2.05, 4.69) is 5.32 Å². The van der Waals surface area contributed by atoms with E-state index in [4.69, 9.17) is 21.1 Å². The molecule has 1 unspecified atom stereocenters. The molecule has 0 bridgehead atoms. The van der Waals surface area contributed by atoms with E-state index in [9.17, 15) is 18.0 Å². The van der Waals surface area contributed by atoms with Crippen LogP contribution in [0.1, 0.15) is 26.3 Å². The fourth-order valence-electron chi connectivity index (χ4n) is 3.60. The lowest BCUT2D eigenvalue weighted by Crippen LogP contribution is -2.51. The monoisotopic (exact) mass is 523 g/mol. The van der Waals surface area contributed by atoms with E-state index in [0.717, 1.165) is 9.87 Å². The van der Waals surface area contributed by atoms with Crippen molar-refractivity contribution in [1.29, 1.82) is 0 Å². The fraction of sp³-hybridized carbons (Fsp3) is 0.417. The van der Waals surface area contributed by atoms with Gasteiger partial charge in [-0.1, -0.05) is 23.7 Å². The summed E-state index contributed by atoms with van der Waals surface area (Å²) < 4.78 is 38.2. The molecule has 0 fully saturated rings. The number of halogens is 1. The topological polar surface area (TPSA) is 105 Å². The first-order chi connectivity index (χ1) is 16.7. The average Bonchev–Trinajstić information content (AvgIpc) is 2.86. The Hall–Kier alpha value is -2.98. The lowest BCUT2D eigenvalue weighted by atomic mass is 10.1. The lowest BCUT2D eigenvalue weighted by Gasteiger charge is -2.32. The van der Waals surface area contributed by atoms with Crippen molar-refractivity contribution < 1.29 is 27.5 Å². The summed E-state index contributed by atoms with van der Waals surface area (Å²) in [5.74, 6) is -0.150. The Bertz CT molecular complexity index is 1160. The quantitative estimate of drug-likeness (QED) is 0.513. The molecule has 2 aromatic carbocycles. The van der Waals surface area contributed by atoms with Crippen LogP contribution < -0.4 is 19.1 Å². The molecule has 0 saturated carbocycles. The number of amides is 2. The van der Waals surface area contributed by atoms with Crippen LogP contribution in [0.25, 0.3) is 0 Å². The number of rotatable bonds is 10. The highest BCUT2D eigenvalue weighted by atomic mass is 35.5. The lowest BCUT2D eigenvalue weighted by molar-refractivity contribution is -0.139. The maximum Gasteiger partial charge on any atom is 0.244 e. The van der Waals surface area contributed by atoms with Crippen LogP contribution in [0.4, 0.5) is 5.69 Å². The number of benzene rings is 2. The molecule has 0 spiro atoms. The van der Waals surface area contributed by atoms with Crippen molar-refractivity contribution in [2.45, 2.75) is 33.4 Å². The van der Waals surface area contributed by atoms with Crippen molar-refractivity contribution in [3.05, 3.63) is 53.1 Å². The standard InChI is InChI=1S/C24H30ClN3O6S/c1-4-26-24(30)17(3)27(15-18-6-8-19(25)9-7-18)23(29)16-28(35(31,32)5-2)20-10-11-21-22(14-20)34-13-12-33-21/h6-11,14,17H,4-5,12-13,15-16H2,1-3H3,(H,26,30).